The van der Waals surface area contributed by atoms with E-state index in [9.17, 15) is 8.42 Å². The fourth-order valence-corrected chi connectivity index (χ4v) is 2.47. The van der Waals surface area contributed by atoms with Gasteiger partial charge in [-0.2, -0.15) is 4.72 Å². The van der Waals surface area contributed by atoms with E-state index in [0.29, 0.717) is 6.42 Å². The molecule has 96 valence electrons. The number of imidazole rings is 1. The molecule has 0 fully saturated rings. The maximum absolute atomic E-state index is 11.9. The molecule has 0 saturated carbocycles. The molecule has 0 aliphatic heterocycles. The number of nitrogens with zero attached hydrogens (tertiary/aromatic N) is 3. The van der Waals surface area contributed by atoms with Gasteiger partial charge in [0, 0.05) is 13.2 Å². The quantitative estimate of drug-likeness (QED) is 0.278. The van der Waals surface area contributed by atoms with Gasteiger partial charge < -0.3 is 15.5 Å². The van der Waals surface area contributed by atoms with Gasteiger partial charge in [0.2, 0.25) is 0 Å². The van der Waals surface area contributed by atoms with Gasteiger partial charge in [-0.25, -0.2) is 13.4 Å². The lowest BCUT2D eigenvalue weighted by Gasteiger charge is -2.14. The molecule has 8 nitrogen and oxygen atoms in total. The highest BCUT2D eigenvalue weighted by Gasteiger charge is 2.23. The summed E-state index contributed by atoms with van der Waals surface area (Å²) in [6.45, 7) is 1.71. The number of aromatic nitrogens is 2. The van der Waals surface area contributed by atoms with Crippen LogP contribution in [0.5, 0.6) is 0 Å². The molecule has 1 rings (SSSR count). The van der Waals surface area contributed by atoms with Crippen LogP contribution in [0.3, 0.4) is 0 Å². The van der Waals surface area contributed by atoms with E-state index in [1.54, 1.807) is 14.0 Å². The summed E-state index contributed by atoms with van der Waals surface area (Å²) < 4.78 is 27.5. The van der Waals surface area contributed by atoms with Crippen molar-refractivity contribution < 1.29 is 13.6 Å². The molecule has 1 heterocycles. The van der Waals surface area contributed by atoms with Crippen molar-refractivity contribution in [3.8, 4) is 0 Å². The number of hydrogen-bond acceptors (Lipinski definition) is 5. The van der Waals surface area contributed by atoms with E-state index in [-0.39, 0.29) is 10.9 Å². The number of hydrogen-bond donors (Lipinski definition) is 3. The number of rotatable bonds is 5. The molecule has 0 amide bonds. The highest BCUT2D eigenvalue weighted by Crippen LogP contribution is 2.06. The number of amidine groups is 1. The Bertz CT molecular complexity index is 507. The lowest BCUT2D eigenvalue weighted by Crippen LogP contribution is -2.44. The van der Waals surface area contributed by atoms with Gasteiger partial charge in [0.15, 0.2) is 10.9 Å². The zero-order chi connectivity index (χ0) is 13.1. The standard InChI is InChI=1S/C8H15N5O3S/c1-3-6(8(9)11-14)12-17(15,16)7-4-13(2)5-10-7/h4-6,12,14H,3H2,1-2H3,(H2,9,11). The summed E-state index contributed by atoms with van der Waals surface area (Å²) in [5.41, 5.74) is 5.37. The average Bonchev–Trinajstić information content (AvgIpc) is 2.72. The van der Waals surface area contributed by atoms with Gasteiger partial charge in [0.1, 0.15) is 0 Å². The molecule has 9 heteroatoms. The maximum atomic E-state index is 11.9. The fraction of sp³-hybridized carbons (Fsp3) is 0.500. The SMILES string of the molecule is CCC(NS(=O)(=O)c1cn(C)cn1)/C(N)=N/O. The predicted octanol–water partition coefficient (Wildman–Crippen LogP) is -0.777. The molecule has 17 heavy (non-hydrogen) atoms. The van der Waals surface area contributed by atoms with Crippen LogP contribution in [0.1, 0.15) is 13.3 Å². The largest absolute Gasteiger partial charge is 0.409 e. The molecule has 0 saturated heterocycles. The first kappa shape index (κ1) is 13.5. The van der Waals surface area contributed by atoms with Crippen molar-refractivity contribution in [3.63, 3.8) is 0 Å². The van der Waals surface area contributed by atoms with Crippen LogP contribution >= 0.6 is 0 Å². The van der Waals surface area contributed by atoms with Crippen molar-refractivity contribution >= 4 is 15.9 Å². The Kier molecular flexibility index (Phi) is 4.07. The normalized spacial score (nSPS) is 14.8. The van der Waals surface area contributed by atoms with Crippen LogP contribution in [-0.4, -0.2) is 35.1 Å². The van der Waals surface area contributed by atoms with E-state index in [1.807, 2.05) is 0 Å². The van der Waals surface area contributed by atoms with Crippen molar-refractivity contribution in [2.24, 2.45) is 17.9 Å². The summed E-state index contributed by atoms with van der Waals surface area (Å²) >= 11 is 0. The van der Waals surface area contributed by atoms with Gasteiger partial charge >= 0.3 is 0 Å². The Morgan fingerprint density at radius 1 is 1.76 bits per heavy atom. The van der Waals surface area contributed by atoms with Crippen molar-refractivity contribution in [2.75, 3.05) is 0 Å². The molecule has 1 unspecified atom stereocenters. The summed E-state index contributed by atoms with van der Waals surface area (Å²) in [6.07, 6.45) is 3.10. The highest BCUT2D eigenvalue weighted by molar-refractivity contribution is 7.89. The van der Waals surface area contributed by atoms with Gasteiger partial charge in [-0.1, -0.05) is 12.1 Å². The molecule has 0 aliphatic rings. The highest BCUT2D eigenvalue weighted by atomic mass is 32.2. The predicted molar refractivity (Wildman–Crippen MR) is 61.0 cm³/mol. The van der Waals surface area contributed by atoms with Crippen molar-refractivity contribution in [2.45, 2.75) is 24.4 Å². The number of nitrogens with two attached hydrogens (primary N) is 1. The third-order valence-electron chi connectivity index (χ3n) is 2.13. The minimum absolute atomic E-state index is 0.107. The summed E-state index contributed by atoms with van der Waals surface area (Å²) in [7, 11) is -2.10. The molecule has 1 aromatic rings. The first-order valence-corrected chi connectivity index (χ1v) is 6.36. The van der Waals surface area contributed by atoms with Crippen LogP contribution in [0, 0.1) is 0 Å². The van der Waals surface area contributed by atoms with Gasteiger partial charge in [-0.05, 0) is 6.42 Å². The lowest BCUT2D eigenvalue weighted by atomic mass is 10.2. The molecule has 0 bridgehead atoms. The Morgan fingerprint density at radius 3 is 2.82 bits per heavy atom. The van der Waals surface area contributed by atoms with E-state index < -0.39 is 16.1 Å². The van der Waals surface area contributed by atoms with Crippen LogP contribution in [0.15, 0.2) is 22.7 Å². The summed E-state index contributed by atoms with van der Waals surface area (Å²) in [4.78, 5) is 3.73. The minimum atomic E-state index is -3.76. The van der Waals surface area contributed by atoms with Crippen LogP contribution < -0.4 is 10.5 Å². The number of nitrogens with one attached hydrogen (secondary N) is 1. The number of aryl methyl sites for hydroxylation is 1. The van der Waals surface area contributed by atoms with Crippen LogP contribution in [0.2, 0.25) is 0 Å². The number of oxime groups is 1. The molecular weight excluding hydrogens is 246 g/mol. The fourth-order valence-electron chi connectivity index (χ4n) is 1.20. The minimum Gasteiger partial charge on any atom is -0.409 e. The number of sulfonamides is 1. The first-order chi connectivity index (χ1) is 7.90. The molecule has 1 atom stereocenters. The zero-order valence-electron chi connectivity index (χ0n) is 9.53. The molecular formula is C8H15N5O3S. The second-order valence-corrected chi connectivity index (χ2v) is 5.15. The van der Waals surface area contributed by atoms with Crippen LogP contribution in [0.25, 0.3) is 0 Å². The van der Waals surface area contributed by atoms with Gasteiger partial charge in [0.05, 0.1) is 12.4 Å². The third kappa shape index (κ3) is 3.17. The molecule has 1 aromatic heterocycles. The van der Waals surface area contributed by atoms with Crippen molar-refractivity contribution in [3.05, 3.63) is 12.5 Å². The average molecular weight is 261 g/mol. The van der Waals surface area contributed by atoms with Gasteiger partial charge in [-0.15, -0.1) is 0 Å². The monoisotopic (exact) mass is 261 g/mol. The van der Waals surface area contributed by atoms with E-state index in [2.05, 4.69) is 14.9 Å². The van der Waals surface area contributed by atoms with Gasteiger partial charge in [0.25, 0.3) is 10.0 Å². The summed E-state index contributed by atoms with van der Waals surface area (Å²) in [6, 6.07) is -0.757. The van der Waals surface area contributed by atoms with Crippen LogP contribution in [-0.2, 0) is 17.1 Å². The molecule has 0 radical (unpaired) electrons. The topological polar surface area (TPSA) is 123 Å². The zero-order valence-corrected chi connectivity index (χ0v) is 10.3. The van der Waals surface area contributed by atoms with E-state index >= 15 is 0 Å². The van der Waals surface area contributed by atoms with E-state index in [0.717, 1.165) is 0 Å². The first-order valence-electron chi connectivity index (χ1n) is 4.88. The molecule has 4 N–H and O–H groups in total. The summed E-state index contributed by atoms with van der Waals surface area (Å²) in [5.74, 6) is -0.188. The second kappa shape index (κ2) is 5.15. The van der Waals surface area contributed by atoms with Gasteiger partial charge in [-0.3, -0.25) is 0 Å². The lowest BCUT2D eigenvalue weighted by molar-refractivity contribution is 0.315. The van der Waals surface area contributed by atoms with E-state index in [4.69, 9.17) is 10.9 Å². The Hall–Kier alpha value is -1.61. The second-order valence-electron chi connectivity index (χ2n) is 3.48. The summed E-state index contributed by atoms with van der Waals surface area (Å²) in [5, 5.41) is 11.2. The smallest absolute Gasteiger partial charge is 0.260 e. The Balaban J connectivity index is 2.93. The third-order valence-corrected chi connectivity index (χ3v) is 3.49. The molecule has 0 aliphatic carbocycles. The Morgan fingerprint density at radius 2 is 2.41 bits per heavy atom. The maximum Gasteiger partial charge on any atom is 0.260 e. The van der Waals surface area contributed by atoms with Crippen molar-refractivity contribution in [1.29, 1.82) is 0 Å². The van der Waals surface area contributed by atoms with E-state index in [1.165, 1.54) is 17.1 Å². The van der Waals surface area contributed by atoms with Crippen molar-refractivity contribution in [1.82, 2.24) is 14.3 Å². The molecule has 0 spiro atoms. The van der Waals surface area contributed by atoms with Crippen LogP contribution in [0.4, 0.5) is 0 Å². The molecule has 0 aromatic carbocycles. The Labute approximate surface area is 99.2 Å².